The SMILES string of the molecule is C.CCC(CC)(CC)CC(C)=O. The van der Waals surface area contributed by atoms with Crippen molar-refractivity contribution in [3.8, 4) is 0 Å². The molecule has 0 N–H and O–H groups in total. The van der Waals surface area contributed by atoms with Crippen molar-refractivity contribution in [2.45, 2.75) is 60.8 Å². The Labute approximate surface area is 77.6 Å². The van der Waals surface area contributed by atoms with Crippen LogP contribution in [0.15, 0.2) is 0 Å². The quantitative estimate of drug-likeness (QED) is 0.616. The molecule has 74 valence electrons. The first-order valence-electron chi connectivity index (χ1n) is 4.59. The third-order valence-corrected chi connectivity index (χ3v) is 2.87. The van der Waals surface area contributed by atoms with Gasteiger partial charge in [0, 0.05) is 6.42 Å². The first-order chi connectivity index (χ1) is 5.10. The number of ketones is 1. The molecule has 0 bridgehead atoms. The van der Waals surface area contributed by atoms with E-state index in [4.69, 9.17) is 0 Å². The second-order valence-electron chi connectivity index (χ2n) is 3.44. The van der Waals surface area contributed by atoms with Crippen molar-refractivity contribution in [1.29, 1.82) is 0 Å². The molecule has 0 aromatic rings. The zero-order valence-electron chi connectivity index (χ0n) is 8.24. The summed E-state index contributed by atoms with van der Waals surface area (Å²) in [6.45, 7) is 8.22. The van der Waals surface area contributed by atoms with E-state index in [2.05, 4.69) is 20.8 Å². The lowest BCUT2D eigenvalue weighted by Gasteiger charge is -2.28. The van der Waals surface area contributed by atoms with Gasteiger partial charge in [0.15, 0.2) is 0 Å². The molecule has 0 aliphatic carbocycles. The molecule has 0 unspecified atom stereocenters. The summed E-state index contributed by atoms with van der Waals surface area (Å²) >= 11 is 0. The number of Topliss-reactive ketones (excluding diaryl/α,β-unsaturated/α-hetero) is 1. The van der Waals surface area contributed by atoms with Crippen LogP contribution in [0.1, 0.15) is 60.8 Å². The number of hydrogen-bond donors (Lipinski definition) is 0. The van der Waals surface area contributed by atoms with Crippen LogP contribution in [0.4, 0.5) is 0 Å². The van der Waals surface area contributed by atoms with Gasteiger partial charge in [-0.15, -0.1) is 0 Å². The highest BCUT2D eigenvalue weighted by atomic mass is 16.1. The van der Waals surface area contributed by atoms with Gasteiger partial charge in [0.1, 0.15) is 5.78 Å². The Kier molecular flexibility index (Phi) is 7.36. The highest BCUT2D eigenvalue weighted by Crippen LogP contribution is 2.34. The molecular weight excluding hydrogens is 148 g/mol. The highest BCUT2D eigenvalue weighted by molar-refractivity contribution is 5.76. The lowest BCUT2D eigenvalue weighted by Crippen LogP contribution is -2.20. The molecule has 0 rings (SSSR count). The maximum Gasteiger partial charge on any atom is 0.130 e. The standard InChI is InChI=1S/C10H20O.CH4/c1-5-10(6-2,7-3)8-9(4)11;/h5-8H2,1-4H3;1H4. The molecule has 0 aliphatic heterocycles. The average molecular weight is 172 g/mol. The monoisotopic (exact) mass is 172 g/mol. The van der Waals surface area contributed by atoms with Crippen LogP contribution in [0.3, 0.4) is 0 Å². The zero-order chi connectivity index (χ0) is 8.91. The molecule has 0 radical (unpaired) electrons. The molecule has 0 fully saturated rings. The Morgan fingerprint density at radius 1 is 1.08 bits per heavy atom. The number of carbonyl (C=O) groups excluding carboxylic acids is 1. The van der Waals surface area contributed by atoms with Crippen molar-refractivity contribution in [2.75, 3.05) is 0 Å². The van der Waals surface area contributed by atoms with Crippen LogP contribution in [0.2, 0.25) is 0 Å². The van der Waals surface area contributed by atoms with Crippen LogP contribution in [0.5, 0.6) is 0 Å². The summed E-state index contributed by atoms with van der Waals surface area (Å²) in [6.07, 6.45) is 4.13. The molecule has 0 aliphatic rings. The van der Waals surface area contributed by atoms with Gasteiger partial charge in [-0.25, -0.2) is 0 Å². The summed E-state index contributed by atoms with van der Waals surface area (Å²) in [5.41, 5.74) is 0.297. The Balaban J connectivity index is 0. The van der Waals surface area contributed by atoms with Crippen LogP contribution in [0.25, 0.3) is 0 Å². The molecule has 1 heteroatoms. The molecule has 0 saturated carbocycles. The second kappa shape index (κ2) is 6.22. The van der Waals surface area contributed by atoms with Gasteiger partial charge >= 0.3 is 0 Å². The molecular formula is C11H24O. The molecule has 1 nitrogen and oxygen atoms in total. The van der Waals surface area contributed by atoms with Gasteiger partial charge < -0.3 is 4.79 Å². The third kappa shape index (κ3) is 3.89. The lowest BCUT2D eigenvalue weighted by molar-refractivity contribution is -0.119. The Hall–Kier alpha value is -0.330. The third-order valence-electron chi connectivity index (χ3n) is 2.87. The van der Waals surface area contributed by atoms with Crippen molar-refractivity contribution < 1.29 is 4.79 Å². The van der Waals surface area contributed by atoms with E-state index < -0.39 is 0 Å². The Morgan fingerprint density at radius 3 is 1.50 bits per heavy atom. The smallest absolute Gasteiger partial charge is 0.130 e. The first-order valence-corrected chi connectivity index (χ1v) is 4.59. The maximum absolute atomic E-state index is 10.9. The number of rotatable bonds is 5. The topological polar surface area (TPSA) is 17.1 Å². The Bertz CT molecular complexity index is 115. The van der Waals surface area contributed by atoms with Gasteiger partial charge in [0.05, 0.1) is 0 Å². The van der Waals surface area contributed by atoms with Gasteiger partial charge in [0.2, 0.25) is 0 Å². The minimum atomic E-state index is 0. The van der Waals surface area contributed by atoms with E-state index in [9.17, 15) is 4.79 Å². The fraction of sp³-hybridized carbons (Fsp3) is 0.909. The molecule has 0 spiro atoms. The molecule has 0 amide bonds. The molecule has 0 aromatic carbocycles. The molecule has 0 atom stereocenters. The van der Waals surface area contributed by atoms with E-state index in [1.165, 1.54) is 0 Å². The van der Waals surface area contributed by atoms with E-state index in [-0.39, 0.29) is 7.43 Å². The van der Waals surface area contributed by atoms with Crippen LogP contribution >= 0.6 is 0 Å². The van der Waals surface area contributed by atoms with E-state index in [1.807, 2.05) is 0 Å². The fourth-order valence-electron chi connectivity index (χ4n) is 1.65. The van der Waals surface area contributed by atoms with Crippen LogP contribution in [-0.4, -0.2) is 5.78 Å². The second-order valence-corrected chi connectivity index (χ2v) is 3.44. The number of hydrogen-bond acceptors (Lipinski definition) is 1. The van der Waals surface area contributed by atoms with Crippen molar-refractivity contribution >= 4 is 5.78 Å². The fourth-order valence-corrected chi connectivity index (χ4v) is 1.65. The van der Waals surface area contributed by atoms with Crippen LogP contribution in [0, 0.1) is 5.41 Å². The van der Waals surface area contributed by atoms with Gasteiger partial charge in [-0.1, -0.05) is 47.5 Å². The van der Waals surface area contributed by atoms with Crippen LogP contribution < -0.4 is 0 Å². The van der Waals surface area contributed by atoms with Gasteiger partial charge in [-0.2, -0.15) is 0 Å². The summed E-state index contributed by atoms with van der Waals surface area (Å²) in [5.74, 6) is 0.329. The summed E-state index contributed by atoms with van der Waals surface area (Å²) in [6, 6.07) is 0. The summed E-state index contributed by atoms with van der Waals surface area (Å²) < 4.78 is 0. The minimum Gasteiger partial charge on any atom is -0.300 e. The minimum absolute atomic E-state index is 0. The van der Waals surface area contributed by atoms with Crippen LogP contribution in [-0.2, 0) is 4.79 Å². The van der Waals surface area contributed by atoms with Crippen molar-refractivity contribution in [3.05, 3.63) is 0 Å². The number of carbonyl (C=O) groups is 1. The van der Waals surface area contributed by atoms with Gasteiger partial charge in [0.25, 0.3) is 0 Å². The lowest BCUT2D eigenvalue weighted by atomic mass is 9.76. The summed E-state index contributed by atoms with van der Waals surface area (Å²) in [5, 5.41) is 0. The van der Waals surface area contributed by atoms with E-state index >= 15 is 0 Å². The van der Waals surface area contributed by atoms with Gasteiger partial charge in [-0.3, -0.25) is 0 Å². The normalized spacial score (nSPS) is 10.7. The molecule has 0 aromatic heterocycles. The molecule has 0 saturated heterocycles. The maximum atomic E-state index is 10.9. The zero-order valence-corrected chi connectivity index (χ0v) is 8.24. The van der Waals surface area contributed by atoms with Crippen molar-refractivity contribution in [2.24, 2.45) is 5.41 Å². The predicted octanol–water partition coefficient (Wildman–Crippen LogP) is 3.82. The van der Waals surface area contributed by atoms with E-state index in [1.54, 1.807) is 6.92 Å². The molecule has 12 heavy (non-hydrogen) atoms. The largest absolute Gasteiger partial charge is 0.300 e. The van der Waals surface area contributed by atoms with Crippen molar-refractivity contribution in [3.63, 3.8) is 0 Å². The Morgan fingerprint density at radius 2 is 1.42 bits per heavy atom. The van der Waals surface area contributed by atoms with Gasteiger partial charge in [-0.05, 0) is 12.3 Å². The summed E-state index contributed by atoms with van der Waals surface area (Å²) in [4.78, 5) is 10.9. The first kappa shape index (κ1) is 14.2. The van der Waals surface area contributed by atoms with Crippen molar-refractivity contribution in [1.82, 2.24) is 0 Å². The highest BCUT2D eigenvalue weighted by Gasteiger charge is 2.24. The molecule has 0 heterocycles. The predicted molar refractivity (Wildman–Crippen MR) is 55.3 cm³/mol. The van der Waals surface area contributed by atoms with E-state index in [0.717, 1.165) is 25.7 Å². The summed E-state index contributed by atoms with van der Waals surface area (Å²) in [7, 11) is 0. The average Bonchev–Trinajstić information content (AvgIpc) is 2.00. The van der Waals surface area contributed by atoms with E-state index in [0.29, 0.717) is 11.2 Å².